The first-order valence-electron chi connectivity index (χ1n) is 6.01. The fraction of sp³-hybridized carbons (Fsp3) is 0.636. The number of nitrogens with one attached hydrogen (secondary N) is 1. The molecule has 0 bridgehead atoms. The lowest BCUT2D eigenvalue weighted by atomic mass is 10.0. The number of rotatable bonds is 7. The molecule has 1 atom stereocenters. The average Bonchev–Trinajstić information content (AvgIpc) is 2.75. The van der Waals surface area contributed by atoms with Gasteiger partial charge < -0.3 is 20.5 Å². The van der Waals surface area contributed by atoms with E-state index in [1.807, 2.05) is 6.92 Å². The molecule has 1 aromatic heterocycles. The number of nitro groups is 1. The number of hydrogen-bond acceptors (Lipinski definition) is 5. The highest BCUT2D eigenvalue weighted by Crippen LogP contribution is 2.10. The van der Waals surface area contributed by atoms with E-state index in [1.165, 1.54) is 16.9 Å². The average molecular weight is 270 g/mol. The summed E-state index contributed by atoms with van der Waals surface area (Å²) in [5, 5.41) is 26.5. The molecule has 8 heteroatoms. The van der Waals surface area contributed by atoms with Gasteiger partial charge in [-0.2, -0.15) is 4.68 Å². The van der Waals surface area contributed by atoms with Crippen LogP contribution in [0.5, 0.6) is 0 Å². The lowest BCUT2D eigenvalue weighted by Gasteiger charge is -2.22. The molecule has 0 fully saturated rings. The number of amides is 1. The third kappa shape index (κ3) is 5.04. The summed E-state index contributed by atoms with van der Waals surface area (Å²) < 4.78 is 1.18. The molecule has 0 saturated heterocycles. The Labute approximate surface area is 110 Å². The van der Waals surface area contributed by atoms with E-state index in [0.29, 0.717) is 6.42 Å². The van der Waals surface area contributed by atoms with Crippen molar-refractivity contribution in [3.63, 3.8) is 0 Å². The quantitative estimate of drug-likeness (QED) is 0.552. The predicted molar refractivity (Wildman–Crippen MR) is 67.4 cm³/mol. The first-order chi connectivity index (χ1) is 8.84. The highest BCUT2D eigenvalue weighted by molar-refractivity contribution is 5.75. The van der Waals surface area contributed by atoms with Crippen LogP contribution in [0.4, 0.5) is 5.82 Å². The van der Waals surface area contributed by atoms with Crippen LogP contribution in [0.3, 0.4) is 0 Å². The summed E-state index contributed by atoms with van der Waals surface area (Å²) in [5.74, 6) is -0.653. The standard InChI is InChI=1S/C11H18N4O4/c1-3-5-11(2,17)8-12-10(16)7-14-6-4-9(13-14)15(18)19/h4,6,17H,3,5,7-8H2,1-2H3,(H,12,16). The van der Waals surface area contributed by atoms with Crippen LogP contribution in [0.1, 0.15) is 26.7 Å². The highest BCUT2D eigenvalue weighted by atomic mass is 16.6. The van der Waals surface area contributed by atoms with Gasteiger partial charge in [-0.25, -0.2) is 0 Å². The molecular weight excluding hydrogens is 252 g/mol. The molecule has 1 aromatic rings. The highest BCUT2D eigenvalue weighted by Gasteiger charge is 2.20. The lowest BCUT2D eigenvalue weighted by Crippen LogP contribution is -2.41. The van der Waals surface area contributed by atoms with Crippen LogP contribution in [-0.4, -0.2) is 37.9 Å². The van der Waals surface area contributed by atoms with Crippen LogP contribution in [0.25, 0.3) is 0 Å². The van der Waals surface area contributed by atoms with Crippen molar-refractivity contribution in [2.24, 2.45) is 0 Å². The Balaban J connectivity index is 2.44. The molecule has 1 unspecified atom stereocenters. The maximum atomic E-state index is 11.6. The van der Waals surface area contributed by atoms with Gasteiger partial charge in [-0.3, -0.25) is 4.79 Å². The van der Waals surface area contributed by atoms with E-state index in [9.17, 15) is 20.0 Å². The first-order valence-corrected chi connectivity index (χ1v) is 6.01. The number of carbonyl (C=O) groups excluding carboxylic acids is 1. The molecule has 1 amide bonds. The SMILES string of the molecule is CCCC(C)(O)CNC(=O)Cn1ccc([N+](=O)[O-])n1. The molecule has 0 aliphatic rings. The van der Waals surface area contributed by atoms with E-state index in [1.54, 1.807) is 6.92 Å². The third-order valence-corrected chi connectivity index (χ3v) is 2.57. The zero-order chi connectivity index (χ0) is 14.5. The fourth-order valence-electron chi connectivity index (χ4n) is 1.66. The van der Waals surface area contributed by atoms with Gasteiger partial charge in [0.1, 0.15) is 6.54 Å². The minimum absolute atomic E-state index is 0.115. The molecule has 19 heavy (non-hydrogen) atoms. The Morgan fingerprint density at radius 1 is 1.68 bits per heavy atom. The molecule has 0 radical (unpaired) electrons. The molecule has 1 heterocycles. The number of aliphatic hydroxyl groups is 1. The van der Waals surface area contributed by atoms with Crippen LogP contribution < -0.4 is 5.32 Å². The van der Waals surface area contributed by atoms with Crippen LogP contribution in [0.15, 0.2) is 12.3 Å². The second kappa shape index (κ2) is 6.28. The molecule has 0 aliphatic heterocycles. The second-order valence-corrected chi connectivity index (χ2v) is 4.65. The van der Waals surface area contributed by atoms with Gasteiger partial charge in [0.05, 0.1) is 23.0 Å². The summed E-state index contributed by atoms with van der Waals surface area (Å²) in [4.78, 5) is 21.4. The molecule has 2 N–H and O–H groups in total. The smallest absolute Gasteiger partial charge is 0.388 e. The third-order valence-electron chi connectivity index (χ3n) is 2.57. The van der Waals surface area contributed by atoms with Gasteiger partial charge in [0, 0.05) is 6.54 Å². The first kappa shape index (κ1) is 15.1. The van der Waals surface area contributed by atoms with E-state index in [4.69, 9.17) is 0 Å². The number of nitrogens with zero attached hydrogens (tertiary/aromatic N) is 3. The zero-order valence-electron chi connectivity index (χ0n) is 11.0. The zero-order valence-corrected chi connectivity index (χ0v) is 11.0. The van der Waals surface area contributed by atoms with E-state index >= 15 is 0 Å². The Kier molecular flexibility index (Phi) is 4.99. The van der Waals surface area contributed by atoms with Crippen LogP contribution >= 0.6 is 0 Å². The normalized spacial score (nSPS) is 13.8. The minimum Gasteiger partial charge on any atom is -0.388 e. The maximum absolute atomic E-state index is 11.6. The summed E-state index contributed by atoms with van der Waals surface area (Å²) in [7, 11) is 0. The van der Waals surface area contributed by atoms with Gasteiger partial charge in [-0.15, -0.1) is 0 Å². The van der Waals surface area contributed by atoms with Gasteiger partial charge in [0.15, 0.2) is 0 Å². The van der Waals surface area contributed by atoms with E-state index < -0.39 is 10.5 Å². The van der Waals surface area contributed by atoms with Crippen molar-refractivity contribution >= 4 is 11.7 Å². The largest absolute Gasteiger partial charge is 0.389 e. The molecule has 0 spiro atoms. The summed E-state index contributed by atoms with van der Waals surface area (Å²) in [5.41, 5.74) is -0.944. The van der Waals surface area contributed by atoms with Crippen molar-refractivity contribution in [1.29, 1.82) is 0 Å². The fourth-order valence-corrected chi connectivity index (χ4v) is 1.66. The topological polar surface area (TPSA) is 110 Å². The van der Waals surface area contributed by atoms with Crippen molar-refractivity contribution in [2.45, 2.75) is 38.8 Å². The Morgan fingerprint density at radius 3 is 2.89 bits per heavy atom. The summed E-state index contributed by atoms with van der Waals surface area (Å²) >= 11 is 0. The summed E-state index contributed by atoms with van der Waals surface area (Å²) in [6, 6.07) is 1.22. The van der Waals surface area contributed by atoms with Gasteiger partial charge in [0.25, 0.3) is 0 Å². The summed E-state index contributed by atoms with van der Waals surface area (Å²) in [6.07, 6.45) is 2.76. The van der Waals surface area contributed by atoms with Gasteiger partial charge >= 0.3 is 5.82 Å². The van der Waals surface area contributed by atoms with Gasteiger partial charge in [-0.05, 0) is 18.3 Å². The van der Waals surface area contributed by atoms with Crippen LogP contribution in [-0.2, 0) is 11.3 Å². The molecule has 8 nitrogen and oxygen atoms in total. The van der Waals surface area contributed by atoms with Crippen molar-refractivity contribution in [3.05, 3.63) is 22.4 Å². The Morgan fingerprint density at radius 2 is 2.37 bits per heavy atom. The van der Waals surface area contributed by atoms with Crippen molar-refractivity contribution in [2.75, 3.05) is 6.54 Å². The molecule has 1 rings (SSSR count). The molecule has 0 saturated carbocycles. The van der Waals surface area contributed by atoms with E-state index in [-0.39, 0.29) is 24.8 Å². The molecule has 0 aromatic carbocycles. The predicted octanol–water partition coefficient (Wildman–Crippen LogP) is 0.459. The Hall–Kier alpha value is -1.96. The lowest BCUT2D eigenvalue weighted by molar-refractivity contribution is -0.389. The van der Waals surface area contributed by atoms with Crippen molar-refractivity contribution in [3.8, 4) is 0 Å². The monoisotopic (exact) mass is 270 g/mol. The summed E-state index contributed by atoms with van der Waals surface area (Å²) in [6.45, 7) is 3.62. The van der Waals surface area contributed by atoms with Gasteiger partial charge in [0.2, 0.25) is 5.91 Å². The van der Waals surface area contributed by atoms with E-state index in [2.05, 4.69) is 10.4 Å². The molecule has 106 valence electrons. The number of carbonyl (C=O) groups is 1. The van der Waals surface area contributed by atoms with Crippen molar-refractivity contribution in [1.82, 2.24) is 15.1 Å². The van der Waals surface area contributed by atoms with E-state index in [0.717, 1.165) is 6.42 Å². The second-order valence-electron chi connectivity index (χ2n) is 4.65. The Bertz CT molecular complexity index is 455. The number of aromatic nitrogens is 2. The molecular formula is C11H18N4O4. The van der Waals surface area contributed by atoms with Crippen molar-refractivity contribution < 1.29 is 14.8 Å². The molecule has 0 aliphatic carbocycles. The number of hydrogen-bond donors (Lipinski definition) is 2. The van der Waals surface area contributed by atoms with Gasteiger partial charge in [-0.1, -0.05) is 13.3 Å². The maximum Gasteiger partial charge on any atom is 0.389 e. The minimum atomic E-state index is -0.944. The van der Waals surface area contributed by atoms with Crippen LogP contribution in [0, 0.1) is 10.1 Å². The van der Waals surface area contributed by atoms with Crippen LogP contribution in [0.2, 0.25) is 0 Å².